The lowest BCUT2D eigenvalue weighted by Gasteiger charge is -2.40. The van der Waals surface area contributed by atoms with E-state index < -0.39 is 11.4 Å². The fourth-order valence-corrected chi connectivity index (χ4v) is 5.06. The molecule has 0 aliphatic carbocycles. The molecule has 0 spiro atoms. The van der Waals surface area contributed by atoms with Gasteiger partial charge in [0.2, 0.25) is 5.95 Å². The molecule has 4 aromatic heterocycles. The SMILES string of the molecule is COC1(C(=O)N[C@@H](CCCN)c2ccc(-n3cc(F)cn3)nc2)CCN(c2nc(C)cc(Nc3cc(C)[nH]n3)n2)CC1. The third-order valence-electron chi connectivity index (χ3n) is 7.42. The number of ether oxygens (including phenoxy) is 1. The van der Waals surface area contributed by atoms with E-state index in [1.54, 1.807) is 19.4 Å². The van der Waals surface area contributed by atoms with Gasteiger partial charge in [0.05, 0.1) is 18.4 Å². The molecule has 0 radical (unpaired) electrons. The number of aromatic amines is 1. The highest BCUT2D eigenvalue weighted by Crippen LogP contribution is 2.30. The van der Waals surface area contributed by atoms with Gasteiger partial charge in [0.1, 0.15) is 11.4 Å². The van der Waals surface area contributed by atoms with E-state index in [9.17, 15) is 9.18 Å². The van der Waals surface area contributed by atoms with Gasteiger partial charge in [0.25, 0.3) is 5.91 Å². The number of nitrogens with zero attached hydrogens (tertiary/aromatic N) is 7. The number of pyridine rings is 1. The smallest absolute Gasteiger partial charge is 0.252 e. The van der Waals surface area contributed by atoms with Gasteiger partial charge in [-0.25, -0.2) is 19.0 Å². The number of nitrogens with two attached hydrogens (primary N) is 1. The Morgan fingerprint density at radius 1 is 1.19 bits per heavy atom. The van der Waals surface area contributed by atoms with E-state index in [2.05, 4.69) is 40.8 Å². The van der Waals surface area contributed by atoms with Crippen molar-refractivity contribution in [3.05, 3.63) is 65.6 Å². The maximum Gasteiger partial charge on any atom is 0.252 e. The van der Waals surface area contributed by atoms with Gasteiger partial charge in [-0.3, -0.25) is 9.89 Å². The predicted octanol–water partition coefficient (Wildman–Crippen LogP) is 2.86. The van der Waals surface area contributed by atoms with Crippen LogP contribution in [0.5, 0.6) is 0 Å². The van der Waals surface area contributed by atoms with Crippen LogP contribution in [0.2, 0.25) is 0 Å². The van der Waals surface area contributed by atoms with Crippen LogP contribution in [0, 0.1) is 19.7 Å². The summed E-state index contributed by atoms with van der Waals surface area (Å²) in [5, 5.41) is 17.5. The van der Waals surface area contributed by atoms with Gasteiger partial charge in [-0.1, -0.05) is 6.07 Å². The molecule has 5 heterocycles. The van der Waals surface area contributed by atoms with Gasteiger partial charge in [-0.2, -0.15) is 15.2 Å². The van der Waals surface area contributed by atoms with Crippen LogP contribution in [0.15, 0.2) is 42.9 Å². The Hall–Kier alpha value is -4.43. The summed E-state index contributed by atoms with van der Waals surface area (Å²) in [5.74, 6) is 1.74. The first kappa shape index (κ1) is 29.1. The van der Waals surface area contributed by atoms with Crippen LogP contribution >= 0.6 is 0 Å². The van der Waals surface area contributed by atoms with E-state index in [0.717, 1.165) is 23.1 Å². The Labute approximate surface area is 243 Å². The molecule has 1 fully saturated rings. The second-order valence-electron chi connectivity index (χ2n) is 10.5. The third kappa shape index (κ3) is 6.55. The van der Waals surface area contributed by atoms with E-state index in [1.807, 2.05) is 32.0 Å². The lowest BCUT2D eigenvalue weighted by molar-refractivity contribution is -0.147. The van der Waals surface area contributed by atoms with E-state index in [-0.39, 0.29) is 11.9 Å². The predicted molar refractivity (Wildman–Crippen MR) is 155 cm³/mol. The third-order valence-corrected chi connectivity index (χ3v) is 7.42. The van der Waals surface area contributed by atoms with Crippen molar-refractivity contribution in [1.82, 2.24) is 40.2 Å². The summed E-state index contributed by atoms with van der Waals surface area (Å²) < 4.78 is 20.6. The minimum absolute atomic E-state index is 0.189. The number of H-pyrrole nitrogens is 1. The van der Waals surface area contributed by atoms with Crippen molar-refractivity contribution in [2.75, 3.05) is 37.0 Å². The number of piperidine rings is 1. The summed E-state index contributed by atoms with van der Waals surface area (Å²) in [5.41, 5.74) is 7.36. The van der Waals surface area contributed by atoms with Gasteiger partial charge in [-0.15, -0.1) is 0 Å². The zero-order valence-electron chi connectivity index (χ0n) is 24.0. The number of hydrogen-bond acceptors (Lipinski definition) is 10. The molecule has 1 saturated heterocycles. The number of amides is 1. The average Bonchev–Trinajstić information content (AvgIpc) is 3.62. The van der Waals surface area contributed by atoms with Crippen molar-refractivity contribution in [3.8, 4) is 5.82 Å². The van der Waals surface area contributed by atoms with Gasteiger partial charge < -0.3 is 26.0 Å². The van der Waals surface area contributed by atoms with Crippen LogP contribution < -0.4 is 21.3 Å². The summed E-state index contributed by atoms with van der Waals surface area (Å²) in [6, 6.07) is 7.04. The molecule has 42 heavy (non-hydrogen) atoms. The Balaban J connectivity index is 1.26. The quantitative estimate of drug-likeness (QED) is 0.208. The fraction of sp³-hybridized carbons (Fsp3) is 0.429. The van der Waals surface area contributed by atoms with Gasteiger partial charge >= 0.3 is 0 Å². The maximum absolute atomic E-state index is 13.7. The first-order valence-corrected chi connectivity index (χ1v) is 13.9. The maximum atomic E-state index is 13.7. The zero-order valence-corrected chi connectivity index (χ0v) is 24.0. The second-order valence-corrected chi connectivity index (χ2v) is 10.5. The Morgan fingerprint density at radius 3 is 2.62 bits per heavy atom. The molecular formula is C28H36FN11O2. The Bertz CT molecular complexity index is 1500. The van der Waals surface area contributed by atoms with Crippen LogP contribution in [-0.4, -0.2) is 73.2 Å². The topological polar surface area (TPSA) is 165 Å². The number of halogens is 1. The molecule has 1 amide bonds. The van der Waals surface area contributed by atoms with E-state index >= 15 is 0 Å². The number of anilines is 3. The Kier molecular flexibility index (Phi) is 8.73. The largest absolute Gasteiger partial charge is 0.368 e. The van der Waals surface area contributed by atoms with E-state index in [0.29, 0.717) is 68.7 Å². The molecule has 14 heteroatoms. The van der Waals surface area contributed by atoms with Crippen molar-refractivity contribution in [2.45, 2.75) is 51.2 Å². The number of hydrogen-bond donors (Lipinski definition) is 4. The van der Waals surface area contributed by atoms with E-state index in [4.69, 9.17) is 15.5 Å². The van der Waals surface area contributed by atoms with E-state index in [1.165, 1.54) is 10.9 Å². The van der Waals surface area contributed by atoms with Crippen LogP contribution in [0.1, 0.15) is 48.7 Å². The monoisotopic (exact) mass is 577 g/mol. The number of rotatable bonds is 11. The molecular weight excluding hydrogens is 541 g/mol. The van der Waals surface area contributed by atoms with Crippen molar-refractivity contribution < 1.29 is 13.9 Å². The molecule has 13 nitrogen and oxygen atoms in total. The highest BCUT2D eigenvalue weighted by molar-refractivity contribution is 5.86. The molecule has 1 aliphatic rings. The fourth-order valence-electron chi connectivity index (χ4n) is 5.06. The average molecular weight is 578 g/mol. The number of methoxy groups -OCH3 is 1. The van der Waals surface area contributed by atoms with Crippen molar-refractivity contribution in [3.63, 3.8) is 0 Å². The van der Waals surface area contributed by atoms with Crippen LogP contribution in [0.3, 0.4) is 0 Å². The molecule has 222 valence electrons. The first-order valence-electron chi connectivity index (χ1n) is 13.9. The number of aromatic nitrogens is 7. The number of carbonyl (C=O) groups excluding carboxylic acids is 1. The highest BCUT2D eigenvalue weighted by atomic mass is 19.1. The standard InChI is InChI=1S/C28H36FN11O2/c1-18-13-23(35-24-14-19(2)37-38-24)36-27(33-18)39-11-8-28(42-3,9-12-39)26(41)34-22(5-4-10-30)20-6-7-25(31-15-20)40-17-21(29)16-32-40/h6-7,13-17,22H,4-5,8-12,30H2,1-3H3,(H,34,41)(H2,33,35,36,37,38)/t22-/m0/s1. The number of nitrogens with one attached hydrogen (secondary N) is 3. The van der Waals surface area contributed by atoms with Gasteiger partial charge in [0.15, 0.2) is 17.5 Å². The van der Waals surface area contributed by atoms with Gasteiger partial charge in [-0.05, 0) is 44.9 Å². The van der Waals surface area contributed by atoms with Crippen LogP contribution in [0.4, 0.5) is 22.0 Å². The van der Waals surface area contributed by atoms with Gasteiger partial charge in [0, 0.05) is 62.8 Å². The second kappa shape index (κ2) is 12.6. The summed E-state index contributed by atoms with van der Waals surface area (Å²) in [6.45, 7) is 5.41. The minimum atomic E-state index is -1.01. The molecule has 5 N–H and O–H groups in total. The summed E-state index contributed by atoms with van der Waals surface area (Å²) in [6.07, 6.45) is 6.31. The number of carbonyl (C=O) groups is 1. The number of aryl methyl sites for hydroxylation is 2. The lowest BCUT2D eigenvalue weighted by Crippen LogP contribution is -2.55. The van der Waals surface area contributed by atoms with Crippen molar-refractivity contribution in [2.24, 2.45) is 5.73 Å². The minimum Gasteiger partial charge on any atom is -0.368 e. The normalized spacial score (nSPS) is 15.4. The van der Waals surface area contributed by atoms with Crippen molar-refractivity contribution >= 4 is 23.5 Å². The molecule has 0 saturated carbocycles. The molecule has 5 rings (SSSR count). The first-order chi connectivity index (χ1) is 20.3. The summed E-state index contributed by atoms with van der Waals surface area (Å²) in [4.78, 5) is 29.5. The lowest BCUT2D eigenvalue weighted by atomic mass is 9.89. The Morgan fingerprint density at radius 2 is 2.00 bits per heavy atom. The molecule has 0 unspecified atom stereocenters. The molecule has 0 aromatic carbocycles. The molecule has 1 aliphatic heterocycles. The summed E-state index contributed by atoms with van der Waals surface area (Å²) >= 11 is 0. The molecule has 1 atom stereocenters. The molecule has 4 aromatic rings. The molecule has 0 bridgehead atoms. The summed E-state index contributed by atoms with van der Waals surface area (Å²) in [7, 11) is 1.57. The van der Waals surface area contributed by atoms with Crippen LogP contribution in [-0.2, 0) is 9.53 Å². The highest BCUT2D eigenvalue weighted by Gasteiger charge is 2.43. The van der Waals surface area contributed by atoms with Crippen LogP contribution in [0.25, 0.3) is 5.82 Å². The van der Waals surface area contributed by atoms with Crippen molar-refractivity contribution in [1.29, 1.82) is 0 Å². The zero-order chi connectivity index (χ0) is 29.7.